The van der Waals surface area contributed by atoms with E-state index in [4.69, 9.17) is 11.6 Å². The van der Waals surface area contributed by atoms with Gasteiger partial charge in [0.25, 0.3) is 0 Å². The first-order valence-corrected chi connectivity index (χ1v) is 4.46. The van der Waals surface area contributed by atoms with E-state index in [1.54, 1.807) is 31.2 Å². The standard InChI is InChI=1S/C10H9ClFNO/c1-7(13-14)9-4-2-8(3-5-9)6-10(11)12/h2-7H,1H3. The Kier molecular flexibility index (Phi) is 3.77. The molecule has 0 heterocycles. The van der Waals surface area contributed by atoms with Crippen LogP contribution in [0, 0.1) is 4.91 Å². The minimum Gasteiger partial charge on any atom is -0.194 e. The highest BCUT2D eigenvalue weighted by atomic mass is 35.5. The van der Waals surface area contributed by atoms with Crippen molar-refractivity contribution in [3.8, 4) is 0 Å². The second-order valence-corrected chi connectivity index (χ2v) is 3.24. The highest BCUT2D eigenvalue weighted by Gasteiger charge is 2.03. The minimum atomic E-state index is -0.765. The Hall–Kier alpha value is -1.22. The lowest BCUT2D eigenvalue weighted by Gasteiger charge is -2.02. The van der Waals surface area contributed by atoms with Gasteiger partial charge in [0.1, 0.15) is 6.04 Å². The molecule has 1 rings (SSSR count). The molecule has 0 saturated heterocycles. The Morgan fingerprint density at radius 3 is 2.50 bits per heavy atom. The summed E-state index contributed by atoms with van der Waals surface area (Å²) in [5.41, 5.74) is 1.45. The molecule has 74 valence electrons. The fourth-order valence-electron chi connectivity index (χ4n) is 1.06. The predicted molar refractivity (Wildman–Crippen MR) is 55.6 cm³/mol. The number of nitroso groups, excluding NO2 is 1. The topological polar surface area (TPSA) is 29.4 Å². The van der Waals surface area contributed by atoms with Crippen LogP contribution in [-0.4, -0.2) is 0 Å². The van der Waals surface area contributed by atoms with Crippen LogP contribution < -0.4 is 0 Å². The van der Waals surface area contributed by atoms with Crippen molar-refractivity contribution < 1.29 is 4.39 Å². The highest BCUT2D eigenvalue weighted by molar-refractivity contribution is 6.30. The molecule has 0 bridgehead atoms. The molecular weight excluding hydrogens is 205 g/mol. The lowest BCUT2D eigenvalue weighted by Crippen LogP contribution is -1.87. The zero-order chi connectivity index (χ0) is 10.6. The number of nitrogens with zero attached hydrogens (tertiary/aromatic N) is 1. The van der Waals surface area contributed by atoms with Gasteiger partial charge in [0.2, 0.25) is 0 Å². The Balaban J connectivity index is 2.89. The SMILES string of the molecule is CC(N=O)c1ccc(C=C(F)Cl)cc1. The van der Waals surface area contributed by atoms with Gasteiger partial charge in [-0.2, -0.15) is 9.30 Å². The molecule has 0 aromatic heterocycles. The fourth-order valence-corrected chi connectivity index (χ4v) is 1.18. The van der Waals surface area contributed by atoms with Gasteiger partial charge in [0.05, 0.1) is 0 Å². The van der Waals surface area contributed by atoms with Gasteiger partial charge in [-0.3, -0.25) is 0 Å². The maximum Gasteiger partial charge on any atom is 0.189 e. The molecule has 0 radical (unpaired) electrons. The third-order valence-corrected chi connectivity index (χ3v) is 1.96. The molecule has 0 spiro atoms. The van der Waals surface area contributed by atoms with Crippen LogP contribution in [0.1, 0.15) is 24.1 Å². The van der Waals surface area contributed by atoms with Crippen LogP contribution in [0.5, 0.6) is 0 Å². The minimum absolute atomic E-state index is 0.381. The average Bonchev–Trinajstić information content (AvgIpc) is 2.17. The van der Waals surface area contributed by atoms with Crippen LogP contribution >= 0.6 is 11.6 Å². The van der Waals surface area contributed by atoms with Crippen LogP contribution in [0.15, 0.2) is 34.7 Å². The van der Waals surface area contributed by atoms with E-state index in [0.29, 0.717) is 5.56 Å². The molecule has 0 aliphatic rings. The second-order valence-electron chi connectivity index (χ2n) is 2.88. The van der Waals surface area contributed by atoms with Crippen LogP contribution in [0.25, 0.3) is 6.08 Å². The van der Waals surface area contributed by atoms with Gasteiger partial charge >= 0.3 is 0 Å². The van der Waals surface area contributed by atoms with Crippen molar-refractivity contribution >= 4 is 17.7 Å². The number of halogens is 2. The summed E-state index contributed by atoms with van der Waals surface area (Å²) >= 11 is 5.07. The second kappa shape index (κ2) is 4.86. The van der Waals surface area contributed by atoms with Crippen molar-refractivity contribution in [3.63, 3.8) is 0 Å². The van der Waals surface area contributed by atoms with Crippen LogP contribution in [0.2, 0.25) is 0 Å². The summed E-state index contributed by atoms with van der Waals surface area (Å²) < 4.78 is 12.3. The maximum atomic E-state index is 12.3. The maximum absolute atomic E-state index is 12.3. The number of hydrogen-bond donors (Lipinski definition) is 0. The summed E-state index contributed by atoms with van der Waals surface area (Å²) in [5.74, 6) is 0. The first-order chi connectivity index (χ1) is 6.63. The molecule has 0 amide bonds. The summed E-state index contributed by atoms with van der Waals surface area (Å²) in [4.78, 5) is 10.2. The van der Waals surface area contributed by atoms with Gasteiger partial charge < -0.3 is 0 Å². The summed E-state index contributed by atoms with van der Waals surface area (Å²) in [6.07, 6.45) is 1.20. The zero-order valence-electron chi connectivity index (χ0n) is 7.58. The van der Waals surface area contributed by atoms with Crippen LogP contribution in [0.4, 0.5) is 4.39 Å². The average molecular weight is 214 g/mol. The summed E-state index contributed by atoms with van der Waals surface area (Å²) in [6, 6.07) is 6.42. The molecule has 0 saturated carbocycles. The Morgan fingerprint density at radius 1 is 1.50 bits per heavy atom. The quantitative estimate of drug-likeness (QED) is 0.698. The van der Waals surface area contributed by atoms with Gasteiger partial charge in [-0.1, -0.05) is 41.0 Å². The van der Waals surface area contributed by atoms with Gasteiger partial charge in [-0.15, -0.1) is 0 Å². The molecule has 0 aliphatic heterocycles. The Morgan fingerprint density at radius 2 is 2.07 bits per heavy atom. The van der Waals surface area contributed by atoms with E-state index in [2.05, 4.69) is 5.18 Å². The third-order valence-electron chi connectivity index (χ3n) is 1.85. The molecule has 2 nitrogen and oxygen atoms in total. The van der Waals surface area contributed by atoms with Gasteiger partial charge in [-0.05, 0) is 24.1 Å². The lowest BCUT2D eigenvalue weighted by molar-refractivity contribution is 0.702. The van der Waals surface area contributed by atoms with Crippen molar-refractivity contribution in [2.75, 3.05) is 0 Å². The van der Waals surface area contributed by atoms with E-state index in [-0.39, 0.29) is 6.04 Å². The summed E-state index contributed by atoms with van der Waals surface area (Å²) in [5, 5.41) is 2.12. The van der Waals surface area contributed by atoms with Crippen LogP contribution in [-0.2, 0) is 0 Å². The smallest absolute Gasteiger partial charge is 0.189 e. The normalized spacial score (nSPS) is 13.8. The predicted octanol–water partition coefficient (Wildman–Crippen LogP) is 4.02. The number of benzene rings is 1. The molecule has 0 fully saturated rings. The van der Waals surface area contributed by atoms with Crippen molar-refractivity contribution in [1.82, 2.24) is 0 Å². The molecule has 1 aromatic rings. The summed E-state index contributed by atoms with van der Waals surface area (Å²) in [7, 11) is 0. The fraction of sp³-hybridized carbons (Fsp3) is 0.200. The molecule has 0 N–H and O–H groups in total. The van der Waals surface area contributed by atoms with Gasteiger partial charge in [0.15, 0.2) is 5.29 Å². The van der Waals surface area contributed by atoms with Gasteiger partial charge in [0, 0.05) is 0 Å². The zero-order valence-corrected chi connectivity index (χ0v) is 8.33. The van der Waals surface area contributed by atoms with Crippen molar-refractivity contribution in [2.45, 2.75) is 13.0 Å². The Bertz CT molecular complexity index is 344. The van der Waals surface area contributed by atoms with Gasteiger partial charge in [-0.25, -0.2) is 0 Å². The molecule has 1 atom stereocenters. The lowest BCUT2D eigenvalue weighted by atomic mass is 10.1. The Labute approximate surface area is 86.4 Å². The highest BCUT2D eigenvalue weighted by Crippen LogP contribution is 2.18. The van der Waals surface area contributed by atoms with E-state index in [1.165, 1.54) is 6.08 Å². The van der Waals surface area contributed by atoms with Crippen molar-refractivity contribution in [3.05, 3.63) is 45.6 Å². The number of rotatable bonds is 3. The molecule has 1 aromatic carbocycles. The molecule has 4 heteroatoms. The van der Waals surface area contributed by atoms with E-state index >= 15 is 0 Å². The van der Waals surface area contributed by atoms with E-state index in [0.717, 1.165) is 5.56 Å². The molecule has 14 heavy (non-hydrogen) atoms. The van der Waals surface area contributed by atoms with E-state index < -0.39 is 5.29 Å². The van der Waals surface area contributed by atoms with Crippen LogP contribution in [0.3, 0.4) is 0 Å². The van der Waals surface area contributed by atoms with Crippen molar-refractivity contribution in [2.24, 2.45) is 5.18 Å². The van der Waals surface area contributed by atoms with E-state index in [1.807, 2.05) is 0 Å². The molecular formula is C10H9ClFNO. The first kappa shape index (κ1) is 10.9. The first-order valence-electron chi connectivity index (χ1n) is 4.08. The summed E-state index contributed by atoms with van der Waals surface area (Å²) in [6.45, 7) is 1.69. The molecule has 0 aliphatic carbocycles. The third kappa shape index (κ3) is 2.92. The number of hydrogen-bond acceptors (Lipinski definition) is 2. The van der Waals surface area contributed by atoms with Crippen molar-refractivity contribution in [1.29, 1.82) is 0 Å². The molecule has 1 unspecified atom stereocenters. The monoisotopic (exact) mass is 213 g/mol. The largest absolute Gasteiger partial charge is 0.194 e. The van der Waals surface area contributed by atoms with E-state index in [9.17, 15) is 9.30 Å².